The van der Waals surface area contributed by atoms with Crippen molar-refractivity contribution in [1.29, 1.82) is 0 Å². The van der Waals surface area contributed by atoms with Crippen LogP contribution >= 0.6 is 0 Å². The van der Waals surface area contributed by atoms with Crippen LogP contribution in [0.25, 0.3) is 0 Å². The molecule has 0 aliphatic carbocycles. The largest absolute Gasteiger partial charge is 0.487 e. The Morgan fingerprint density at radius 1 is 0.822 bits per heavy atom. The molecule has 0 aromatic heterocycles. The van der Waals surface area contributed by atoms with Gasteiger partial charge in [0.2, 0.25) is 41.4 Å². The van der Waals surface area contributed by atoms with Crippen LogP contribution in [0.4, 0.5) is 0 Å². The van der Waals surface area contributed by atoms with Gasteiger partial charge in [0, 0.05) is 19.5 Å². The molecule has 2 saturated heterocycles. The Hall–Kier alpha value is -6.91. The summed E-state index contributed by atoms with van der Waals surface area (Å²) in [5.74, 6) is -10.7. The number of amides is 7. The Bertz CT molecular complexity index is 2360. The number of hydrogen-bond acceptors (Lipinski definition) is 15. The number of carbonyl (C=O) groups is 9. The number of hydrogen-bond donors (Lipinski definition) is 8. The van der Waals surface area contributed by atoms with Crippen molar-refractivity contribution >= 4 is 53.3 Å². The zero-order valence-corrected chi connectivity index (χ0v) is 42.5. The van der Waals surface area contributed by atoms with E-state index in [9.17, 15) is 48.6 Å². The summed E-state index contributed by atoms with van der Waals surface area (Å²) in [6, 6.07) is 4.69. The minimum Gasteiger partial charge on any atom is -0.487 e. The summed E-state index contributed by atoms with van der Waals surface area (Å²) in [5.41, 5.74) is -0.249. The number of cyclic esters (lactones) is 1. The molecular formula is C51H69N7O15. The van der Waals surface area contributed by atoms with Crippen LogP contribution in [0.15, 0.2) is 66.7 Å². The van der Waals surface area contributed by atoms with Gasteiger partial charge in [-0.05, 0) is 61.9 Å². The predicted molar refractivity (Wildman–Crippen MR) is 260 cm³/mol. The Labute approximate surface area is 424 Å². The molecule has 22 heteroatoms. The fraction of sp³-hybridized carbons (Fsp3) is 0.549. The number of epoxide rings is 1. The van der Waals surface area contributed by atoms with Gasteiger partial charge in [-0.15, -0.1) is 0 Å². The van der Waals surface area contributed by atoms with Crippen molar-refractivity contribution in [2.24, 2.45) is 17.8 Å². The first-order chi connectivity index (χ1) is 34.5. The van der Waals surface area contributed by atoms with E-state index < -0.39 is 150 Å². The van der Waals surface area contributed by atoms with E-state index in [1.54, 1.807) is 65.0 Å². The van der Waals surface area contributed by atoms with E-state index in [0.717, 1.165) is 11.0 Å². The average Bonchev–Trinajstić information content (AvgIpc) is 4.17. The van der Waals surface area contributed by atoms with Crippen molar-refractivity contribution in [3.8, 4) is 5.75 Å². The number of nitrogens with zero attached hydrogens (tertiary/aromatic N) is 1. The van der Waals surface area contributed by atoms with Gasteiger partial charge in [0.25, 0.3) is 0 Å². The van der Waals surface area contributed by atoms with Crippen molar-refractivity contribution in [2.75, 3.05) is 26.8 Å². The average molecular weight is 1020 g/mol. The summed E-state index contributed by atoms with van der Waals surface area (Å²) >= 11 is 0. The lowest BCUT2D eigenvalue weighted by Crippen LogP contribution is -2.61. The normalized spacial score (nSPS) is 29.3. The highest BCUT2D eigenvalue weighted by atomic mass is 16.6. The zero-order chi connectivity index (χ0) is 53.9. The molecule has 2 aromatic carbocycles. The minimum absolute atomic E-state index is 0.141. The highest BCUT2D eigenvalue weighted by Crippen LogP contribution is 2.35. The van der Waals surface area contributed by atoms with E-state index in [1.165, 1.54) is 58.2 Å². The monoisotopic (exact) mass is 1020 g/mol. The quantitative estimate of drug-likeness (QED) is 0.118. The number of carbonyl (C=O) groups excluding carboxylic acids is 9. The molecule has 22 nitrogen and oxygen atoms in total. The van der Waals surface area contributed by atoms with Crippen LogP contribution in [-0.4, -0.2) is 155 Å². The molecule has 13 atom stereocenters. The predicted octanol–water partition coefficient (Wildman–Crippen LogP) is -0.356. The van der Waals surface area contributed by atoms with E-state index in [4.69, 9.17) is 18.9 Å². The van der Waals surface area contributed by atoms with Crippen molar-refractivity contribution in [2.45, 2.75) is 134 Å². The molecule has 4 aliphatic heterocycles. The Balaban J connectivity index is 1.72. The summed E-state index contributed by atoms with van der Waals surface area (Å²) < 4.78 is 23.0. The molecule has 0 radical (unpaired) electrons. The van der Waals surface area contributed by atoms with Crippen molar-refractivity contribution < 1.29 is 72.3 Å². The molecule has 6 rings (SSSR count). The van der Waals surface area contributed by atoms with Gasteiger partial charge in [0.1, 0.15) is 66.9 Å². The standard InChI is InChI=1S/C51H69N7O15/c1-10-27(4)39-46(65)57-42-33-16-18-34(19-17-33)73-31(8)51(25-71-51)21-20-37(60)52-23-38(61)70-24-35(50(69)72-30(7)41(48(67)54-39)56-44(63)28(5)43(62)26(2)3)53-47(66)40(29(6)59)55-45(64)36(58(9)49(42)68)22-32-14-12-11-13-15-32/h11-21,26-31,35-36,39-43,59,62H,10,22-25H2,1-9H3,(H,52,60)(H,53,66)(H,54,67)(H,55,64)(H,56,63)(H,57,65)/b21-20+/t27-,28+,29+,30+,31+,35-,36-,39+,40+,41-,42-,43+,51-/m0/s1. The van der Waals surface area contributed by atoms with Crippen molar-refractivity contribution in [3.05, 3.63) is 77.9 Å². The molecule has 73 heavy (non-hydrogen) atoms. The third kappa shape index (κ3) is 14.8. The lowest BCUT2D eigenvalue weighted by molar-refractivity contribution is -0.160. The number of esters is 2. The van der Waals surface area contributed by atoms with E-state index >= 15 is 4.79 Å². The van der Waals surface area contributed by atoms with Crippen LogP contribution < -0.4 is 36.6 Å². The summed E-state index contributed by atoms with van der Waals surface area (Å²) in [4.78, 5) is 129. The number of fused-ring (bicyclic) bond motifs is 9. The van der Waals surface area contributed by atoms with Gasteiger partial charge in [-0.25, -0.2) is 4.79 Å². The second-order valence-electron chi connectivity index (χ2n) is 19.2. The number of aliphatic hydroxyl groups excluding tert-OH is 2. The fourth-order valence-corrected chi connectivity index (χ4v) is 8.15. The van der Waals surface area contributed by atoms with Crippen LogP contribution in [0.3, 0.4) is 0 Å². The van der Waals surface area contributed by atoms with Gasteiger partial charge in [-0.3, -0.25) is 38.4 Å². The fourth-order valence-electron chi connectivity index (χ4n) is 8.15. The molecule has 0 saturated carbocycles. The second kappa shape index (κ2) is 25.2. The van der Waals surface area contributed by atoms with Crippen LogP contribution in [-0.2, 0) is 63.8 Å². The first kappa shape index (κ1) is 57.0. The summed E-state index contributed by atoms with van der Waals surface area (Å²) in [6.45, 7) is 10.8. The highest BCUT2D eigenvalue weighted by Gasteiger charge is 2.49. The van der Waals surface area contributed by atoms with Crippen molar-refractivity contribution in [3.63, 3.8) is 0 Å². The van der Waals surface area contributed by atoms with Gasteiger partial charge < -0.3 is 66.0 Å². The topological polar surface area (TPSA) is 310 Å². The van der Waals surface area contributed by atoms with Crippen LogP contribution in [0.5, 0.6) is 5.75 Å². The molecule has 398 valence electrons. The smallest absolute Gasteiger partial charge is 0.332 e. The SMILES string of the molecule is CC[C@H](C)[C@H]1NC(=O)[C@@H](NC(=O)[C@H](C)[C@H](O)C(C)C)[C@@H](C)OC(=O)[C@@H]2COC(=O)CNC(=O)/C=C/[C@]3(CO3)[C@@H](C)Oc3ccc(cc3)[C@H](NC1=O)C(=O)N(C)[C@@H](Cc1ccccc1)C(=O)N[C@H]([C@@H](C)O)C(=O)N2. The molecular weight excluding hydrogens is 951 g/mol. The lowest BCUT2D eigenvalue weighted by atomic mass is 9.93. The first-order valence-corrected chi connectivity index (χ1v) is 24.4. The molecule has 2 fully saturated rings. The number of likely N-dealkylation sites (N-methyl/N-ethyl adjacent to an activating group) is 1. The molecule has 0 unspecified atom stereocenters. The van der Waals surface area contributed by atoms with E-state index in [0.29, 0.717) is 17.7 Å². The van der Waals surface area contributed by atoms with Gasteiger partial charge in [-0.2, -0.15) is 0 Å². The maximum atomic E-state index is 15.2. The number of aliphatic hydroxyl groups is 2. The minimum atomic E-state index is -1.94. The van der Waals surface area contributed by atoms with Gasteiger partial charge in [-0.1, -0.05) is 83.5 Å². The molecule has 4 bridgehead atoms. The molecule has 7 amide bonds. The zero-order valence-electron chi connectivity index (χ0n) is 42.5. The third-order valence-electron chi connectivity index (χ3n) is 13.4. The summed E-state index contributed by atoms with van der Waals surface area (Å²) in [6.07, 6.45) is -2.39. The van der Waals surface area contributed by atoms with Crippen LogP contribution in [0.1, 0.15) is 79.0 Å². The maximum Gasteiger partial charge on any atom is 0.332 e. The highest BCUT2D eigenvalue weighted by molar-refractivity contribution is 5.98. The lowest BCUT2D eigenvalue weighted by Gasteiger charge is -2.34. The van der Waals surface area contributed by atoms with Crippen LogP contribution in [0, 0.1) is 17.8 Å². The molecule has 4 aliphatic rings. The van der Waals surface area contributed by atoms with E-state index in [1.807, 2.05) is 0 Å². The third-order valence-corrected chi connectivity index (χ3v) is 13.4. The molecule has 8 N–H and O–H groups in total. The number of nitrogens with one attached hydrogen (secondary N) is 6. The van der Waals surface area contributed by atoms with Gasteiger partial charge >= 0.3 is 11.9 Å². The van der Waals surface area contributed by atoms with E-state index in [-0.39, 0.29) is 18.6 Å². The molecule has 2 aromatic rings. The Morgan fingerprint density at radius 2 is 1.45 bits per heavy atom. The molecule has 1 spiro atoms. The molecule has 4 heterocycles. The number of rotatable bonds is 9. The summed E-state index contributed by atoms with van der Waals surface area (Å²) in [5, 5.41) is 37.1. The second-order valence-corrected chi connectivity index (χ2v) is 19.2. The van der Waals surface area contributed by atoms with Crippen LogP contribution in [0.2, 0.25) is 0 Å². The first-order valence-electron chi connectivity index (χ1n) is 24.4. The van der Waals surface area contributed by atoms with Gasteiger partial charge in [0.05, 0.1) is 24.7 Å². The summed E-state index contributed by atoms with van der Waals surface area (Å²) in [7, 11) is 1.32. The maximum absolute atomic E-state index is 15.2. The van der Waals surface area contributed by atoms with E-state index in [2.05, 4.69) is 31.9 Å². The van der Waals surface area contributed by atoms with Crippen molar-refractivity contribution in [1.82, 2.24) is 36.8 Å². The Kier molecular flexibility index (Phi) is 19.6. The Morgan fingerprint density at radius 3 is 2.05 bits per heavy atom. The number of benzene rings is 2. The van der Waals surface area contributed by atoms with Gasteiger partial charge in [0.15, 0.2) is 6.04 Å². The number of ether oxygens (including phenoxy) is 4.